The number of nitrogens with zero attached hydrogens (tertiary/aromatic N) is 3. The fourth-order valence-electron chi connectivity index (χ4n) is 1.98. The van der Waals surface area contributed by atoms with Crippen molar-refractivity contribution >= 4 is 41.5 Å². The quantitative estimate of drug-likeness (QED) is 0.262. The molecule has 0 saturated heterocycles. The summed E-state index contributed by atoms with van der Waals surface area (Å²) in [4.78, 5) is 8.77. The average molecular weight is 480 g/mol. The summed E-state index contributed by atoms with van der Waals surface area (Å²) in [7, 11) is 1.66. The van der Waals surface area contributed by atoms with Crippen LogP contribution in [0.25, 0.3) is 11.4 Å². The molecule has 0 amide bonds. The van der Waals surface area contributed by atoms with Crippen LogP contribution in [-0.4, -0.2) is 49.5 Å². The lowest BCUT2D eigenvalue weighted by Gasteiger charge is -2.09. The number of halogens is 2. The van der Waals surface area contributed by atoms with Gasteiger partial charge in [-0.3, -0.25) is 4.99 Å². The molecule has 0 aliphatic heterocycles. The van der Waals surface area contributed by atoms with Crippen LogP contribution >= 0.6 is 35.6 Å². The molecule has 1 aromatic carbocycles. The second-order valence-corrected chi connectivity index (χ2v) is 5.39. The highest BCUT2D eigenvalue weighted by Crippen LogP contribution is 2.19. The molecule has 25 heavy (non-hydrogen) atoms. The fraction of sp³-hybridized carbons (Fsp3) is 0.438. The number of benzene rings is 1. The highest BCUT2D eigenvalue weighted by atomic mass is 127. The SMILES string of the molecule is CCNC(=NCCOC)NCCc1nc(-c2cccc(Cl)c2)no1.I. The molecule has 2 N–H and O–H groups in total. The van der Waals surface area contributed by atoms with Gasteiger partial charge in [-0.05, 0) is 19.1 Å². The van der Waals surface area contributed by atoms with Crippen LogP contribution in [0.1, 0.15) is 12.8 Å². The molecular weight excluding hydrogens is 457 g/mol. The minimum atomic E-state index is 0. The Balaban J connectivity index is 0.00000312. The number of rotatable bonds is 8. The van der Waals surface area contributed by atoms with E-state index in [0.29, 0.717) is 42.9 Å². The normalized spacial score (nSPS) is 11.1. The predicted molar refractivity (Wildman–Crippen MR) is 110 cm³/mol. The molecule has 138 valence electrons. The van der Waals surface area contributed by atoms with Crippen molar-refractivity contribution in [3.63, 3.8) is 0 Å². The summed E-state index contributed by atoms with van der Waals surface area (Å²) in [5, 5.41) is 11.0. The Morgan fingerprint density at radius 3 is 2.92 bits per heavy atom. The predicted octanol–water partition coefficient (Wildman–Crippen LogP) is 2.75. The van der Waals surface area contributed by atoms with Gasteiger partial charge in [0, 0.05) is 37.2 Å². The molecule has 0 saturated carbocycles. The zero-order valence-corrected chi connectivity index (χ0v) is 17.4. The van der Waals surface area contributed by atoms with Crippen LogP contribution in [0.3, 0.4) is 0 Å². The molecule has 0 unspecified atom stereocenters. The Bertz CT molecular complexity index is 665. The minimum absolute atomic E-state index is 0. The molecule has 2 rings (SSSR count). The molecule has 1 heterocycles. The third-order valence-electron chi connectivity index (χ3n) is 3.09. The second kappa shape index (κ2) is 12.0. The van der Waals surface area contributed by atoms with Crippen molar-refractivity contribution in [1.29, 1.82) is 0 Å². The summed E-state index contributed by atoms with van der Waals surface area (Å²) >= 11 is 5.98. The van der Waals surface area contributed by atoms with E-state index in [4.69, 9.17) is 20.9 Å². The molecule has 7 nitrogen and oxygen atoms in total. The van der Waals surface area contributed by atoms with E-state index in [-0.39, 0.29) is 24.0 Å². The number of aromatic nitrogens is 2. The molecule has 0 atom stereocenters. The Morgan fingerprint density at radius 1 is 1.36 bits per heavy atom. The van der Waals surface area contributed by atoms with Crippen LogP contribution in [0, 0.1) is 0 Å². The van der Waals surface area contributed by atoms with Gasteiger partial charge >= 0.3 is 0 Å². The lowest BCUT2D eigenvalue weighted by molar-refractivity contribution is 0.208. The van der Waals surface area contributed by atoms with Gasteiger partial charge < -0.3 is 19.9 Å². The molecule has 0 spiro atoms. The summed E-state index contributed by atoms with van der Waals surface area (Å²) in [6.45, 7) is 4.63. The lowest BCUT2D eigenvalue weighted by Crippen LogP contribution is -2.38. The van der Waals surface area contributed by atoms with Crippen molar-refractivity contribution in [2.45, 2.75) is 13.3 Å². The Hall–Kier alpha value is -1.39. The first kappa shape index (κ1) is 21.7. The first-order valence-corrected chi connectivity index (χ1v) is 8.20. The average Bonchev–Trinajstić information content (AvgIpc) is 3.04. The van der Waals surface area contributed by atoms with Gasteiger partial charge in [0.2, 0.25) is 11.7 Å². The summed E-state index contributed by atoms with van der Waals surface area (Å²) in [6.07, 6.45) is 0.599. The maximum absolute atomic E-state index is 5.98. The van der Waals surface area contributed by atoms with E-state index >= 15 is 0 Å². The van der Waals surface area contributed by atoms with Gasteiger partial charge in [0.05, 0.1) is 13.2 Å². The summed E-state index contributed by atoms with van der Waals surface area (Å²) in [5.41, 5.74) is 0.833. The molecule has 0 bridgehead atoms. The molecule has 0 radical (unpaired) electrons. The minimum Gasteiger partial charge on any atom is -0.383 e. The van der Waals surface area contributed by atoms with E-state index in [1.807, 2.05) is 19.1 Å². The number of hydrogen-bond donors (Lipinski definition) is 2. The van der Waals surface area contributed by atoms with Crippen molar-refractivity contribution < 1.29 is 9.26 Å². The standard InChI is InChI=1S/C16H22ClN5O2.HI/c1-3-18-16(20-9-10-23-2)19-8-7-14-21-15(22-24-14)12-5-4-6-13(17)11-12;/h4-6,11H,3,7-10H2,1-2H3,(H2,18,19,20);1H. The zero-order valence-electron chi connectivity index (χ0n) is 14.3. The number of methoxy groups -OCH3 is 1. The Labute approximate surface area is 169 Å². The summed E-state index contributed by atoms with van der Waals surface area (Å²) in [6, 6.07) is 7.36. The monoisotopic (exact) mass is 479 g/mol. The van der Waals surface area contributed by atoms with Crippen LogP contribution in [0.15, 0.2) is 33.8 Å². The Morgan fingerprint density at radius 2 is 2.20 bits per heavy atom. The highest BCUT2D eigenvalue weighted by Gasteiger charge is 2.09. The van der Waals surface area contributed by atoms with Crippen molar-refractivity contribution in [3.05, 3.63) is 35.2 Å². The van der Waals surface area contributed by atoms with Gasteiger partial charge in [0.15, 0.2) is 5.96 Å². The smallest absolute Gasteiger partial charge is 0.228 e. The number of aliphatic imine (C=N–C) groups is 1. The van der Waals surface area contributed by atoms with Gasteiger partial charge in [0.25, 0.3) is 0 Å². The van der Waals surface area contributed by atoms with Gasteiger partial charge in [-0.1, -0.05) is 28.9 Å². The number of nitrogens with one attached hydrogen (secondary N) is 2. The van der Waals surface area contributed by atoms with E-state index in [0.717, 1.165) is 18.1 Å². The molecule has 1 aromatic heterocycles. The molecular formula is C16H23ClIN5O2. The van der Waals surface area contributed by atoms with Crippen molar-refractivity contribution in [3.8, 4) is 11.4 Å². The topological polar surface area (TPSA) is 84.6 Å². The lowest BCUT2D eigenvalue weighted by atomic mass is 10.2. The largest absolute Gasteiger partial charge is 0.383 e. The van der Waals surface area contributed by atoms with Gasteiger partial charge in [0.1, 0.15) is 0 Å². The molecule has 0 fully saturated rings. The molecule has 0 aliphatic carbocycles. The third-order valence-corrected chi connectivity index (χ3v) is 3.33. The number of hydrogen-bond acceptors (Lipinski definition) is 5. The van der Waals surface area contributed by atoms with Crippen LogP contribution in [0.2, 0.25) is 5.02 Å². The number of guanidine groups is 1. The third kappa shape index (κ3) is 7.57. The summed E-state index contributed by atoms with van der Waals surface area (Å²) in [5.74, 6) is 1.84. The molecule has 2 aromatic rings. The van der Waals surface area contributed by atoms with Crippen LogP contribution in [0.5, 0.6) is 0 Å². The van der Waals surface area contributed by atoms with Gasteiger partial charge in [-0.25, -0.2) is 0 Å². The van der Waals surface area contributed by atoms with E-state index in [1.54, 1.807) is 19.2 Å². The van der Waals surface area contributed by atoms with E-state index in [1.165, 1.54) is 0 Å². The highest BCUT2D eigenvalue weighted by molar-refractivity contribution is 14.0. The zero-order chi connectivity index (χ0) is 17.2. The fourth-order valence-corrected chi connectivity index (χ4v) is 2.17. The van der Waals surface area contributed by atoms with Crippen LogP contribution in [-0.2, 0) is 11.2 Å². The number of ether oxygens (including phenoxy) is 1. The second-order valence-electron chi connectivity index (χ2n) is 4.95. The van der Waals surface area contributed by atoms with Gasteiger partial charge in [-0.2, -0.15) is 4.98 Å². The van der Waals surface area contributed by atoms with Crippen molar-refractivity contribution in [1.82, 2.24) is 20.8 Å². The van der Waals surface area contributed by atoms with Crippen LogP contribution < -0.4 is 10.6 Å². The Kier molecular flexibility index (Phi) is 10.4. The van der Waals surface area contributed by atoms with Crippen molar-refractivity contribution in [2.75, 3.05) is 33.4 Å². The maximum Gasteiger partial charge on any atom is 0.228 e. The van der Waals surface area contributed by atoms with Crippen molar-refractivity contribution in [2.24, 2.45) is 4.99 Å². The van der Waals surface area contributed by atoms with E-state index in [2.05, 4.69) is 25.8 Å². The maximum atomic E-state index is 5.98. The van der Waals surface area contributed by atoms with E-state index in [9.17, 15) is 0 Å². The first-order valence-electron chi connectivity index (χ1n) is 7.82. The summed E-state index contributed by atoms with van der Waals surface area (Å²) < 4.78 is 10.3. The molecule has 0 aliphatic rings. The van der Waals surface area contributed by atoms with Crippen LogP contribution in [0.4, 0.5) is 0 Å². The first-order chi connectivity index (χ1) is 11.7. The van der Waals surface area contributed by atoms with Gasteiger partial charge in [-0.15, -0.1) is 24.0 Å². The molecule has 9 heteroatoms. The van der Waals surface area contributed by atoms with E-state index < -0.39 is 0 Å².